The van der Waals surface area contributed by atoms with Crippen LogP contribution < -0.4 is 11.1 Å². The molecule has 0 bridgehead atoms. The minimum absolute atomic E-state index is 0.0465. The SMILES string of the molecule is CC(C)CCC(C)NC(=O)C1CCCCC1N. The highest BCUT2D eigenvalue weighted by atomic mass is 16.2. The molecule has 1 saturated carbocycles. The minimum atomic E-state index is 0.0465. The maximum absolute atomic E-state index is 12.1. The smallest absolute Gasteiger partial charge is 0.224 e. The minimum Gasteiger partial charge on any atom is -0.353 e. The van der Waals surface area contributed by atoms with E-state index in [0.717, 1.165) is 32.1 Å². The summed E-state index contributed by atoms with van der Waals surface area (Å²) in [5.74, 6) is 0.921. The molecule has 0 saturated heterocycles. The molecule has 0 aromatic heterocycles. The monoisotopic (exact) mass is 240 g/mol. The van der Waals surface area contributed by atoms with E-state index in [-0.39, 0.29) is 23.9 Å². The second kappa shape index (κ2) is 7.00. The van der Waals surface area contributed by atoms with E-state index in [0.29, 0.717) is 5.92 Å². The first-order valence-corrected chi connectivity index (χ1v) is 7.06. The van der Waals surface area contributed by atoms with E-state index < -0.39 is 0 Å². The number of hydrogen-bond donors (Lipinski definition) is 2. The zero-order chi connectivity index (χ0) is 12.8. The summed E-state index contributed by atoms with van der Waals surface area (Å²) in [6.45, 7) is 6.52. The fourth-order valence-electron chi connectivity index (χ4n) is 2.49. The average molecular weight is 240 g/mol. The Bertz CT molecular complexity index is 240. The number of carbonyl (C=O) groups is 1. The first kappa shape index (κ1) is 14.5. The fourth-order valence-corrected chi connectivity index (χ4v) is 2.49. The maximum atomic E-state index is 12.1. The summed E-state index contributed by atoms with van der Waals surface area (Å²) in [7, 11) is 0. The van der Waals surface area contributed by atoms with Crippen LogP contribution in [0.5, 0.6) is 0 Å². The van der Waals surface area contributed by atoms with Crippen molar-refractivity contribution in [1.82, 2.24) is 5.32 Å². The summed E-state index contributed by atoms with van der Waals surface area (Å²) in [5.41, 5.74) is 6.02. The average Bonchev–Trinajstić information content (AvgIpc) is 2.26. The number of hydrogen-bond acceptors (Lipinski definition) is 2. The number of nitrogens with two attached hydrogens (primary N) is 1. The standard InChI is InChI=1S/C14H28N2O/c1-10(2)8-9-11(3)16-14(17)12-6-4-5-7-13(12)15/h10-13H,4-9,15H2,1-3H3,(H,16,17). The van der Waals surface area contributed by atoms with Gasteiger partial charge in [-0.05, 0) is 38.5 Å². The summed E-state index contributed by atoms with van der Waals surface area (Å²) >= 11 is 0. The Morgan fingerprint density at radius 3 is 2.47 bits per heavy atom. The van der Waals surface area contributed by atoms with Gasteiger partial charge in [0.05, 0.1) is 5.92 Å². The Morgan fingerprint density at radius 2 is 1.88 bits per heavy atom. The Labute approximate surface area is 106 Å². The third-order valence-corrected chi connectivity index (χ3v) is 3.72. The van der Waals surface area contributed by atoms with Gasteiger partial charge in [0.15, 0.2) is 0 Å². The van der Waals surface area contributed by atoms with Gasteiger partial charge in [0.1, 0.15) is 0 Å². The maximum Gasteiger partial charge on any atom is 0.224 e. The molecule has 0 aromatic carbocycles. The number of rotatable bonds is 5. The molecule has 3 heteroatoms. The number of amides is 1. The van der Waals surface area contributed by atoms with E-state index in [1.54, 1.807) is 0 Å². The van der Waals surface area contributed by atoms with Crippen LogP contribution in [0.25, 0.3) is 0 Å². The van der Waals surface area contributed by atoms with E-state index in [2.05, 4.69) is 26.1 Å². The van der Waals surface area contributed by atoms with E-state index in [9.17, 15) is 4.79 Å². The van der Waals surface area contributed by atoms with Crippen molar-refractivity contribution in [3.8, 4) is 0 Å². The molecule has 1 fully saturated rings. The van der Waals surface area contributed by atoms with Gasteiger partial charge < -0.3 is 11.1 Å². The first-order chi connectivity index (χ1) is 8.00. The molecular formula is C14H28N2O. The lowest BCUT2D eigenvalue weighted by Crippen LogP contribution is -2.46. The Kier molecular flexibility index (Phi) is 5.96. The summed E-state index contributed by atoms with van der Waals surface area (Å²) in [4.78, 5) is 12.1. The molecule has 0 spiro atoms. The zero-order valence-electron chi connectivity index (χ0n) is 11.5. The number of nitrogens with one attached hydrogen (secondary N) is 1. The van der Waals surface area contributed by atoms with E-state index in [4.69, 9.17) is 5.73 Å². The molecule has 1 rings (SSSR count). The third-order valence-electron chi connectivity index (χ3n) is 3.72. The molecule has 17 heavy (non-hydrogen) atoms. The molecule has 3 nitrogen and oxygen atoms in total. The molecule has 0 aliphatic heterocycles. The van der Waals surface area contributed by atoms with Gasteiger partial charge in [-0.2, -0.15) is 0 Å². The van der Waals surface area contributed by atoms with Gasteiger partial charge in [-0.15, -0.1) is 0 Å². The second-order valence-corrected chi connectivity index (χ2v) is 5.94. The molecule has 1 aliphatic rings. The predicted molar refractivity (Wildman–Crippen MR) is 71.6 cm³/mol. The molecule has 3 atom stereocenters. The fraction of sp³-hybridized carbons (Fsp3) is 0.929. The highest BCUT2D eigenvalue weighted by Crippen LogP contribution is 2.23. The molecule has 0 aromatic rings. The summed E-state index contributed by atoms with van der Waals surface area (Å²) in [6, 6.07) is 0.347. The topological polar surface area (TPSA) is 55.1 Å². The van der Waals surface area contributed by atoms with Crippen LogP contribution in [0.3, 0.4) is 0 Å². The predicted octanol–water partition coefficient (Wildman–Crippen LogP) is 2.44. The van der Waals surface area contributed by atoms with Crippen LogP contribution in [0, 0.1) is 11.8 Å². The Hall–Kier alpha value is -0.570. The summed E-state index contributed by atoms with van der Waals surface area (Å²) in [5, 5.41) is 3.12. The lowest BCUT2D eigenvalue weighted by atomic mass is 9.84. The van der Waals surface area contributed by atoms with Gasteiger partial charge >= 0.3 is 0 Å². The molecule has 0 radical (unpaired) electrons. The van der Waals surface area contributed by atoms with Crippen LogP contribution in [0.4, 0.5) is 0 Å². The molecule has 3 unspecified atom stereocenters. The zero-order valence-corrected chi connectivity index (χ0v) is 11.5. The summed E-state index contributed by atoms with van der Waals surface area (Å²) < 4.78 is 0. The van der Waals surface area contributed by atoms with Crippen LogP contribution in [0.2, 0.25) is 0 Å². The van der Waals surface area contributed by atoms with Crippen LogP contribution in [-0.4, -0.2) is 18.0 Å². The van der Waals surface area contributed by atoms with Gasteiger partial charge in [-0.3, -0.25) is 4.79 Å². The van der Waals surface area contributed by atoms with Crippen molar-refractivity contribution in [3.63, 3.8) is 0 Å². The van der Waals surface area contributed by atoms with Crippen molar-refractivity contribution in [1.29, 1.82) is 0 Å². The molecular weight excluding hydrogens is 212 g/mol. The van der Waals surface area contributed by atoms with Gasteiger partial charge in [-0.25, -0.2) is 0 Å². The highest BCUT2D eigenvalue weighted by Gasteiger charge is 2.28. The van der Waals surface area contributed by atoms with Gasteiger partial charge in [0.2, 0.25) is 5.91 Å². The van der Waals surface area contributed by atoms with Crippen molar-refractivity contribution in [2.75, 3.05) is 0 Å². The highest BCUT2D eigenvalue weighted by molar-refractivity contribution is 5.79. The molecule has 3 N–H and O–H groups in total. The van der Waals surface area contributed by atoms with Crippen LogP contribution in [0.15, 0.2) is 0 Å². The molecule has 1 amide bonds. The molecule has 100 valence electrons. The Balaban J connectivity index is 2.32. The number of carbonyl (C=O) groups excluding carboxylic acids is 1. The normalized spacial score (nSPS) is 26.9. The first-order valence-electron chi connectivity index (χ1n) is 7.06. The lowest BCUT2D eigenvalue weighted by molar-refractivity contribution is -0.127. The van der Waals surface area contributed by atoms with Crippen molar-refractivity contribution in [2.45, 2.75) is 71.4 Å². The van der Waals surface area contributed by atoms with Crippen molar-refractivity contribution < 1.29 is 4.79 Å². The van der Waals surface area contributed by atoms with E-state index >= 15 is 0 Å². The third kappa shape index (κ3) is 5.07. The van der Waals surface area contributed by atoms with Crippen LogP contribution in [-0.2, 0) is 4.79 Å². The van der Waals surface area contributed by atoms with E-state index in [1.165, 1.54) is 6.42 Å². The van der Waals surface area contributed by atoms with Gasteiger partial charge in [0.25, 0.3) is 0 Å². The molecule has 1 aliphatic carbocycles. The van der Waals surface area contributed by atoms with Crippen molar-refractivity contribution in [3.05, 3.63) is 0 Å². The van der Waals surface area contributed by atoms with Crippen LogP contribution in [0.1, 0.15) is 59.3 Å². The van der Waals surface area contributed by atoms with Crippen molar-refractivity contribution in [2.24, 2.45) is 17.6 Å². The van der Waals surface area contributed by atoms with E-state index in [1.807, 2.05) is 0 Å². The summed E-state index contributed by atoms with van der Waals surface area (Å²) in [6.07, 6.45) is 6.51. The van der Waals surface area contributed by atoms with Gasteiger partial charge in [0, 0.05) is 12.1 Å². The largest absolute Gasteiger partial charge is 0.353 e. The Morgan fingerprint density at radius 1 is 1.24 bits per heavy atom. The molecule has 0 heterocycles. The van der Waals surface area contributed by atoms with Crippen molar-refractivity contribution >= 4 is 5.91 Å². The quantitative estimate of drug-likeness (QED) is 0.775. The second-order valence-electron chi connectivity index (χ2n) is 5.94. The van der Waals surface area contributed by atoms with Gasteiger partial charge in [-0.1, -0.05) is 26.7 Å². The lowest BCUT2D eigenvalue weighted by Gasteiger charge is -2.28. The van der Waals surface area contributed by atoms with Crippen LogP contribution >= 0.6 is 0 Å².